The molecule has 2 aromatic rings. The Balaban J connectivity index is 2.34. The van der Waals surface area contributed by atoms with Crippen molar-refractivity contribution in [2.45, 2.75) is 13.8 Å². The summed E-state index contributed by atoms with van der Waals surface area (Å²) in [6.45, 7) is 3.92. The quantitative estimate of drug-likeness (QED) is 0.626. The predicted octanol–water partition coefficient (Wildman–Crippen LogP) is 5.01. The second kappa shape index (κ2) is 8.11. The minimum absolute atomic E-state index is 0.125. The van der Waals surface area contributed by atoms with Gasteiger partial charge in [0.15, 0.2) is 23.0 Å². The Labute approximate surface area is 143 Å². The largest absolute Gasteiger partial charge is 0.493 e. The van der Waals surface area contributed by atoms with E-state index in [2.05, 4.69) is 0 Å². The summed E-state index contributed by atoms with van der Waals surface area (Å²) in [6, 6.07) is 14.1. The summed E-state index contributed by atoms with van der Waals surface area (Å²) in [4.78, 5) is 0. The lowest BCUT2D eigenvalue weighted by molar-refractivity contribution is 0.343. The number of hydrogen-bond donors (Lipinski definition) is 0. The molecule has 2 aromatic carbocycles. The van der Waals surface area contributed by atoms with Crippen molar-refractivity contribution in [1.29, 1.82) is 0 Å². The minimum Gasteiger partial charge on any atom is -0.493 e. The molecule has 0 bridgehead atoms. The molecular weight excluding hydrogens is 327 g/mol. The summed E-state index contributed by atoms with van der Waals surface area (Å²) in [5.41, 5.74) is 0. The van der Waals surface area contributed by atoms with Crippen LogP contribution >= 0.6 is 7.60 Å². The number of hydrogen-bond acceptors (Lipinski definition) is 5. The van der Waals surface area contributed by atoms with Gasteiger partial charge in [-0.3, -0.25) is 0 Å². The predicted molar refractivity (Wildman–Crippen MR) is 94.6 cm³/mol. The van der Waals surface area contributed by atoms with Crippen LogP contribution in [0.1, 0.15) is 13.8 Å². The average Bonchev–Trinajstić information content (AvgIpc) is 2.54. The molecule has 6 heteroatoms. The number of rotatable bonds is 8. The van der Waals surface area contributed by atoms with Crippen molar-refractivity contribution in [1.82, 2.24) is 0 Å². The van der Waals surface area contributed by atoms with E-state index in [-0.39, 0.29) is 12.1 Å². The van der Waals surface area contributed by atoms with Gasteiger partial charge in [-0.25, -0.2) is 4.57 Å². The van der Waals surface area contributed by atoms with E-state index >= 15 is 0 Å². The lowest BCUT2D eigenvalue weighted by Crippen LogP contribution is -2.10. The minimum atomic E-state index is -3.46. The van der Waals surface area contributed by atoms with Crippen LogP contribution in [-0.2, 0) is 4.57 Å². The molecule has 0 atom stereocenters. The van der Waals surface area contributed by atoms with E-state index in [4.69, 9.17) is 18.5 Å². The molecule has 0 aliphatic carbocycles. The van der Waals surface area contributed by atoms with Crippen LogP contribution in [-0.4, -0.2) is 20.4 Å². The highest BCUT2D eigenvalue weighted by atomic mass is 31.2. The first-order valence-electron chi connectivity index (χ1n) is 7.71. The van der Waals surface area contributed by atoms with Gasteiger partial charge in [0.05, 0.1) is 20.4 Å². The summed E-state index contributed by atoms with van der Waals surface area (Å²) in [7, 11) is -0.383. The molecule has 0 fully saturated rings. The lowest BCUT2D eigenvalue weighted by atomic mass is 10.3. The first-order chi connectivity index (χ1) is 11.5. The van der Waals surface area contributed by atoms with E-state index in [0.29, 0.717) is 23.0 Å². The molecule has 0 heterocycles. The van der Waals surface area contributed by atoms with Crippen molar-refractivity contribution in [2.75, 3.05) is 20.4 Å². The molecule has 0 saturated carbocycles. The average molecular weight is 350 g/mol. The molecule has 0 unspecified atom stereocenters. The second-order valence-corrected chi connectivity index (χ2v) is 7.62. The first kappa shape index (κ1) is 18.2. The molecule has 0 saturated heterocycles. The fourth-order valence-electron chi connectivity index (χ4n) is 2.23. The molecule has 0 N–H and O–H groups in total. The Hall–Kier alpha value is -2.13. The molecule has 0 aliphatic heterocycles. The Bertz CT molecular complexity index is 661. The van der Waals surface area contributed by atoms with Crippen molar-refractivity contribution >= 4 is 7.60 Å². The molecular formula is C18H23O5P. The summed E-state index contributed by atoms with van der Waals surface area (Å²) < 4.78 is 35.5. The van der Waals surface area contributed by atoms with Crippen LogP contribution in [0.15, 0.2) is 48.5 Å². The molecule has 0 aromatic heterocycles. The molecule has 0 amide bonds. The monoisotopic (exact) mass is 350 g/mol. The van der Waals surface area contributed by atoms with E-state index in [9.17, 15) is 4.57 Å². The third-order valence-electron chi connectivity index (χ3n) is 3.20. The summed E-state index contributed by atoms with van der Waals surface area (Å²) >= 11 is 0. The Morgan fingerprint density at radius 1 is 0.792 bits per heavy atom. The molecule has 2 rings (SSSR count). The van der Waals surface area contributed by atoms with Gasteiger partial charge in [0.1, 0.15) is 0 Å². The number of benzene rings is 2. The van der Waals surface area contributed by atoms with Crippen LogP contribution in [0.25, 0.3) is 0 Å². The number of para-hydroxylation sites is 4. The molecule has 0 spiro atoms. The SMILES string of the molecule is COc1ccccc1OP(=O)(CC(C)C)Oc1ccccc1OC. The van der Waals surface area contributed by atoms with E-state index in [1.54, 1.807) is 36.4 Å². The smallest absolute Gasteiger partial charge is 0.431 e. The fourth-order valence-corrected chi connectivity index (χ4v) is 4.21. The molecule has 0 aliphatic rings. The van der Waals surface area contributed by atoms with Gasteiger partial charge in [-0.2, -0.15) is 0 Å². The highest BCUT2D eigenvalue weighted by molar-refractivity contribution is 7.54. The zero-order valence-electron chi connectivity index (χ0n) is 14.4. The topological polar surface area (TPSA) is 54.0 Å². The highest BCUT2D eigenvalue weighted by Gasteiger charge is 2.31. The van der Waals surface area contributed by atoms with E-state index in [1.807, 2.05) is 26.0 Å². The van der Waals surface area contributed by atoms with Crippen LogP contribution in [0, 0.1) is 5.92 Å². The van der Waals surface area contributed by atoms with E-state index in [0.717, 1.165) is 0 Å². The van der Waals surface area contributed by atoms with Crippen molar-refractivity contribution in [2.24, 2.45) is 5.92 Å². The highest BCUT2D eigenvalue weighted by Crippen LogP contribution is 2.53. The third-order valence-corrected chi connectivity index (χ3v) is 5.33. The van der Waals surface area contributed by atoms with E-state index in [1.165, 1.54) is 14.2 Å². The van der Waals surface area contributed by atoms with Gasteiger partial charge in [0.25, 0.3) is 0 Å². The van der Waals surface area contributed by atoms with Gasteiger partial charge in [-0.1, -0.05) is 38.1 Å². The molecule has 24 heavy (non-hydrogen) atoms. The van der Waals surface area contributed by atoms with Gasteiger partial charge in [-0.05, 0) is 30.2 Å². The van der Waals surface area contributed by atoms with Gasteiger partial charge in [-0.15, -0.1) is 0 Å². The summed E-state index contributed by atoms with van der Waals surface area (Å²) in [5.74, 6) is 1.91. The Kier molecular flexibility index (Phi) is 6.16. The Morgan fingerprint density at radius 2 is 1.17 bits per heavy atom. The lowest BCUT2D eigenvalue weighted by Gasteiger charge is -2.23. The van der Waals surface area contributed by atoms with Gasteiger partial charge in [0, 0.05) is 0 Å². The van der Waals surface area contributed by atoms with Crippen molar-refractivity contribution in [3.8, 4) is 23.0 Å². The molecule has 0 radical (unpaired) electrons. The van der Waals surface area contributed by atoms with Crippen molar-refractivity contribution in [3.63, 3.8) is 0 Å². The van der Waals surface area contributed by atoms with Gasteiger partial charge < -0.3 is 18.5 Å². The van der Waals surface area contributed by atoms with Crippen LogP contribution < -0.4 is 18.5 Å². The normalized spacial score (nSPS) is 11.2. The maximum Gasteiger partial charge on any atom is 0.431 e. The molecule has 130 valence electrons. The standard InChI is InChI=1S/C18H23O5P/c1-14(2)13-24(19,22-17-11-7-5-9-15(17)20-3)23-18-12-8-6-10-16(18)21-4/h5-12,14H,13H2,1-4H3. The zero-order chi connectivity index (χ0) is 17.6. The number of ether oxygens (including phenoxy) is 2. The second-order valence-electron chi connectivity index (χ2n) is 5.67. The zero-order valence-corrected chi connectivity index (χ0v) is 15.3. The van der Waals surface area contributed by atoms with E-state index < -0.39 is 7.60 Å². The molecule has 5 nitrogen and oxygen atoms in total. The first-order valence-corrected chi connectivity index (χ1v) is 9.44. The fraction of sp³-hybridized carbons (Fsp3) is 0.333. The van der Waals surface area contributed by atoms with Gasteiger partial charge >= 0.3 is 7.60 Å². The van der Waals surface area contributed by atoms with Crippen LogP contribution in [0.4, 0.5) is 0 Å². The van der Waals surface area contributed by atoms with Crippen molar-refractivity contribution < 1.29 is 23.1 Å². The summed E-state index contributed by atoms with van der Waals surface area (Å²) in [6.07, 6.45) is 0.267. The number of methoxy groups -OCH3 is 2. The van der Waals surface area contributed by atoms with Crippen LogP contribution in [0.5, 0.6) is 23.0 Å². The third kappa shape index (κ3) is 4.68. The Morgan fingerprint density at radius 3 is 1.50 bits per heavy atom. The van der Waals surface area contributed by atoms with Crippen LogP contribution in [0.3, 0.4) is 0 Å². The maximum absolute atomic E-state index is 13.3. The summed E-state index contributed by atoms with van der Waals surface area (Å²) in [5, 5.41) is 0. The maximum atomic E-state index is 13.3. The van der Waals surface area contributed by atoms with Crippen LogP contribution in [0.2, 0.25) is 0 Å². The van der Waals surface area contributed by atoms with Gasteiger partial charge in [0.2, 0.25) is 0 Å². The van der Waals surface area contributed by atoms with Crippen molar-refractivity contribution in [3.05, 3.63) is 48.5 Å².